The van der Waals surface area contributed by atoms with Crippen LogP contribution in [0.4, 0.5) is 5.69 Å². The van der Waals surface area contributed by atoms with Crippen LogP contribution >= 0.6 is 15.9 Å². The Morgan fingerprint density at radius 2 is 1.97 bits per heavy atom. The van der Waals surface area contributed by atoms with E-state index in [-0.39, 0.29) is 37.9 Å². The summed E-state index contributed by atoms with van der Waals surface area (Å²) in [4.78, 5) is 40.1. The van der Waals surface area contributed by atoms with Crippen molar-refractivity contribution in [1.29, 1.82) is 0 Å². The highest BCUT2D eigenvalue weighted by Gasteiger charge is 2.29. The maximum absolute atomic E-state index is 13.1. The van der Waals surface area contributed by atoms with Crippen LogP contribution in [0.25, 0.3) is 0 Å². The Bertz CT molecular complexity index is 903. The Hall–Kier alpha value is -2.87. The molecule has 2 aromatic rings. The molecule has 1 aliphatic heterocycles. The molecule has 8 heteroatoms. The summed E-state index contributed by atoms with van der Waals surface area (Å²) in [5.41, 5.74) is 1.48. The largest absolute Gasteiger partial charge is 0.482 e. The van der Waals surface area contributed by atoms with E-state index in [1.165, 1.54) is 12.0 Å². The van der Waals surface area contributed by atoms with Crippen molar-refractivity contribution in [3.63, 3.8) is 0 Å². The number of esters is 1. The van der Waals surface area contributed by atoms with Gasteiger partial charge in [-0.15, -0.1) is 0 Å². The Labute approximate surface area is 177 Å². The summed E-state index contributed by atoms with van der Waals surface area (Å²) < 4.78 is 11.0. The van der Waals surface area contributed by atoms with E-state index in [4.69, 9.17) is 9.47 Å². The molecule has 0 bridgehead atoms. The number of fused-ring (bicyclic) bond motifs is 1. The third-order valence-electron chi connectivity index (χ3n) is 4.54. The molecule has 3 rings (SSSR count). The standard InChI is InChI=1S/C21H21BrN2O5/c1-28-21(27)9-10-23(12-15-5-3-2-4-6-15)19(25)13-24-17-8-7-16(22)11-18(17)29-14-20(24)26/h2-8,11H,9-10,12-14H2,1H3. The highest BCUT2D eigenvalue weighted by atomic mass is 79.9. The predicted octanol–water partition coefficient (Wildman–Crippen LogP) is 2.77. The highest BCUT2D eigenvalue weighted by molar-refractivity contribution is 9.10. The van der Waals surface area contributed by atoms with E-state index in [2.05, 4.69) is 15.9 Å². The lowest BCUT2D eigenvalue weighted by Gasteiger charge is -2.31. The molecular formula is C21H21BrN2O5. The van der Waals surface area contributed by atoms with Crippen molar-refractivity contribution in [2.24, 2.45) is 0 Å². The number of ether oxygens (including phenoxy) is 2. The average Bonchev–Trinajstić information content (AvgIpc) is 2.73. The molecule has 0 N–H and O–H groups in total. The van der Waals surface area contributed by atoms with Crippen LogP contribution < -0.4 is 9.64 Å². The molecule has 7 nitrogen and oxygen atoms in total. The number of methoxy groups -OCH3 is 1. The van der Waals surface area contributed by atoms with Crippen LogP contribution in [0.5, 0.6) is 5.75 Å². The monoisotopic (exact) mass is 460 g/mol. The first-order valence-corrected chi connectivity index (χ1v) is 9.88. The van der Waals surface area contributed by atoms with E-state index >= 15 is 0 Å². The van der Waals surface area contributed by atoms with Gasteiger partial charge in [-0.2, -0.15) is 0 Å². The molecular weight excluding hydrogens is 440 g/mol. The number of carbonyl (C=O) groups excluding carboxylic acids is 3. The molecule has 0 spiro atoms. The topological polar surface area (TPSA) is 76.2 Å². The van der Waals surface area contributed by atoms with Gasteiger partial charge in [-0.1, -0.05) is 46.3 Å². The smallest absolute Gasteiger partial charge is 0.307 e. The van der Waals surface area contributed by atoms with Crippen LogP contribution in [0.1, 0.15) is 12.0 Å². The zero-order chi connectivity index (χ0) is 20.8. The number of nitrogens with zero attached hydrogens (tertiary/aromatic N) is 2. The van der Waals surface area contributed by atoms with Crippen LogP contribution in [-0.2, 0) is 25.7 Å². The van der Waals surface area contributed by atoms with Gasteiger partial charge in [0.2, 0.25) is 5.91 Å². The minimum Gasteiger partial charge on any atom is -0.482 e. The van der Waals surface area contributed by atoms with Crippen LogP contribution in [-0.4, -0.2) is 49.5 Å². The average molecular weight is 461 g/mol. The van der Waals surface area contributed by atoms with Gasteiger partial charge >= 0.3 is 5.97 Å². The fourth-order valence-corrected chi connectivity index (χ4v) is 3.35. The molecule has 0 fully saturated rings. The fourth-order valence-electron chi connectivity index (χ4n) is 3.01. The summed E-state index contributed by atoms with van der Waals surface area (Å²) in [5.74, 6) is -0.410. The lowest BCUT2D eigenvalue weighted by molar-refractivity contribution is -0.142. The van der Waals surface area contributed by atoms with Gasteiger partial charge in [0.05, 0.1) is 19.2 Å². The maximum Gasteiger partial charge on any atom is 0.307 e. The van der Waals surface area contributed by atoms with Gasteiger partial charge in [0.1, 0.15) is 12.3 Å². The molecule has 0 aliphatic carbocycles. The van der Waals surface area contributed by atoms with Crippen molar-refractivity contribution in [1.82, 2.24) is 4.90 Å². The van der Waals surface area contributed by atoms with Gasteiger partial charge in [-0.25, -0.2) is 0 Å². The number of rotatable bonds is 7. The zero-order valence-corrected chi connectivity index (χ0v) is 17.6. The summed E-state index contributed by atoms with van der Waals surface area (Å²) in [6.45, 7) is 0.275. The molecule has 1 aliphatic rings. The predicted molar refractivity (Wildman–Crippen MR) is 110 cm³/mol. The summed E-state index contributed by atoms with van der Waals surface area (Å²) in [6.07, 6.45) is 0.0790. The quantitative estimate of drug-likeness (QED) is 0.593. The second-order valence-electron chi connectivity index (χ2n) is 6.51. The molecule has 0 saturated carbocycles. The fraction of sp³-hybridized carbons (Fsp3) is 0.286. The lowest BCUT2D eigenvalue weighted by atomic mass is 10.2. The van der Waals surface area contributed by atoms with Crippen molar-refractivity contribution in [2.75, 3.05) is 31.7 Å². The molecule has 0 radical (unpaired) electrons. The highest BCUT2D eigenvalue weighted by Crippen LogP contribution is 2.34. The SMILES string of the molecule is COC(=O)CCN(Cc1ccccc1)C(=O)CN1C(=O)COc2cc(Br)ccc21. The van der Waals surface area contributed by atoms with E-state index in [1.54, 1.807) is 23.1 Å². The first-order valence-electron chi connectivity index (χ1n) is 9.09. The number of hydrogen-bond donors (Lipinski definition) is 0. The van der Waals surface area contributed by atoms with Gasteiger partial charge in [0, 0.05) is 17.6 Å². The normalized spacial score (nSPS) is 12.8. The number of anilines is 1. The van der Waals surface area contributed by atoms with Crippen molar-refractivity contribution in [3.05, 3.63) is 58.6 Å². The van der Waals surface area contributed by atoms with Crippen molar-refractivity contribution >= 4 is 39.4 Å². The lowest BCUT2D eigenvalue weighted by Crippen LogP contribution is -2.46. The Morgan fingerprint density at radius 1 is 1.21 bits per heavy atom. The van der Waals surface area contributed by atoms with E-state index in [0.29, 0.717) is 18.0 Å². The number of carbonyl (C=O) groups is 3. The Balaban J connectivity index is 1.78. The summed E-state index contributed by atoms with van der Waals surface area (Å²) >= 11 is 3.38. The van der Waals surface area contributed by atoms with Gasteiger partial charge in [0.15, 0.2) is 6.61 Å². The van der Waals surface area contributed by atoms with Crippen LogP contribution in [0.15, 0.2) is 53.0 Å². The second kappa shape index (κ2) is 9.56. The third kappa shape index (κ3) is 5.35. The molecule has 0 unspecified atom stereocenters. The molecule has 0 atom stereocenters. The van der Waals surface area contributed by atoms with Gasteiger partial charge in [-0.3, -0.25) is 19.3 Å². The maximum atomic E-state index is 13.1. The number of halogens is 1. The molecule has 152 valence electrons. The summed E-state index contributed by atoms with van der Waals surface area (Å²) in [6, 6.07) is 14.8. The summed E-state index contributed by atoms with van der Waals surface area (Å²) in [5, 5.41) is 0. The zero-order valence-electron chi connectivity index (χ0n) is 16.0. The van der Waals surface area contributed by atoms with Crippen molar-refractivity contribution in [2.45, 2.75) is 13.0 Å². The molecule has 0 saturated heterocycles. The van der Waals surface area contributed by atoms with Gasteiger partial charge in [0.25, 0.3) is 5.91 Å². The molecule has 29 heavy (non-hydrogen) atoms. The van der Waals surface area contributed by atoms with E-state index in [9.17, 15) is 14.4 Å². The molecule has 2 aromatic carbocycles. The van der Waals surface area contributed by atoms with Crippen molar-refractivity contribution in [3.8, 4) is 5.75 Å². The van der Waals surface area contributed by atoms with Crippen molar-refractivity contribution < 1.29 is 23.9 Å². The minimum atomic E-state index is -0.395. The Kier molecular flexibility index (Phi) is 6.87. The third-order valence-corrected chi connectivity index (χ3v) is 5.03. The van der Waals surface area contributed by atoms with E-state index < -0.39 is 5.97 Å². The number of hydrogen-bond acceptors (Lipinski definition) is 5. The number of benzene rings is 2. The summed E-state index contributed by atoms with van der Waals surface area (Å²) in [7, 11) is 1.31. The molecule has 1 heterocycles. The van der Waals surface area contributed by atoms with E-state index in [1.807, 2.05) is 30.3 Å². The number of amides is 2. The first-order chi connectivity index (χ1) is 14.0. The second-order valence-corrected chi connectivity index (χ2v) is 7.42. The van der Waals surface area contributed by atoms with Gasteiger partial charge < -0.3 is 14.4 Å². The van der Waals surface area contributed by atoms with Crippen LogP contribution in [0.3, 0.4) is 0 Å². The van der Waals surface area contributed by atoms with E-state index in [0.717, 1.165) is 10.0 Å². The minimum absolute atomic E-state index is 0.0790. The Morgan fingerprint density at radius 3 is 2.69 bits per heavy atom. The molecule has 2 amide bonds. The van der Waals surface area contributed by atoms with Gasteiger partial charge in [-0.05, 0) is 23.8 Å². The molecule has 0 aromatic heterocycles. The van der Waals surface area contributed by atoms with Crippen LogP contribution in [0.2, 0.25) is 0 Å². The van der Waals surface area contributed by atoms with Crippen LogP contribution in [0, 0.1) is 0 Å². The first kappa shape index (κ1) is 20.9.